The fourth-order valence-electron chi connectivity index (χ4n) is 2.49. The van der Waals surface area contributed by atoms with Gasteiger partial charge in [-0.2, -0.15) is 0 Å². The molecule has 0 aliphatic rings. The fourth-order valence-corrected chi connectivity index (χ4v) is 2.49. The molecule has 0 aliphatic carbocycles. The molecule has 21 heavy (non-hydrogen) atoms. The molecule has 0 spiro atoms. The molecular formula is C17H29NO3. The van der Waals surface area contributed by atoms with Gasteiger partial charge in [-0.1, -0.05) is 19.9 Å². The Morgan fingerprint density at radius 3 is 2.24 bits per heavy atom. The molecule has 0 fully saturated rings. The van der Waals surface area contributed by atoms with E-state index in [1.54, 1.807) is 14.2 Å². The minimum absolute atomic E-state index is 0.549. The highest BCUT2D eigenvalue weighted by molar-refractivity contribution is 5.42. The van der Waals surface area contributed by atoms with Crippen LogP contribution < -0.4 is 9.47 Å². The molecule has 0 radical (unpaired) electrons. The second kappa shape index (κ2) is 7.66. The molecule has 1 aromatic carbocycles. The van der Waals surface area contributed by atoms with Crippen LogP contribution in [0.2, 0.25) is 0 Å². The standard InChI is InChI=1S/C17H29NO3/c1-13(2)10-18(12-17(3,4)19)11-14-7-8-15(20-5)16(9-14)21-6/h7-9,13,19H,10-12H2,1-6H3. The quantitative estimate of drug-likeness (QED) is 0.800. The Labute approximate surface area is 128 Å². The van der Waals surface area contributed by atoms with Crippen LogP contribution in [0.5, 0.6) is 11.5 Å². The highest BCUT2D eigenvalue weighted by Crippen LogP contribution is 2.28. The number of benzene rings is 1. The van der Waals surface area contributed by atoms with Crippen molar-refractivity contribution in [2.45, 2.75) is 39.8 Å². The first-order valence-electron chi connectivity index (χ1n) is 7.41. The van der Waals surface area contributed by atoms with E-state index in [4.69, 9.17) is 9.47 Å². The summed E-state index contributed by atoms with van der Waals surface area (Å²) in [5.41, 5.74) is 0.448. The summed E-state index contributed by atoms with van der Waals surface area (Å²) >= 11 is 0. The van der Waals surface area contributed by atoms with Crippen molar-refractivity contribution in [3.05, 3.63) is 23.8 Å². The van der Waals surface area contributed by atoms with E-state index in [-0.39, 0.29) is 0 Å². The van der Waals surface area contributed by atoms with Gasteiger partial charge in [0.15, 0.2) is 11.5 Å². The van der Waals surface area contributed by atoms with E-state index in [0.29, 0.717) is 12.5 Å². The lowest BCUT2D eigenvalue weighted by molar-refractivity contribution is 0.0297. The number of hydrogen-bond donors (Lipinski definition) is 1. The maximum absolute atomic E-state index is 10.1. The van der Waals surface area contributed by atoms with Crippen LogP contribution in [-0.2, 0) is 6.54 Å². The largest absolute Gasteiger partial charge is 0.493 e. The molecule has 0 atom stereocenters. The van der Waals surface area contributed by atoms with Crippen molar-refractivity contribution in [2.75, 3.05) is 27.3 Å². The van der Waals surface area contributed by atoms with Gasteiger partial charge in [-0.05, 0) is 37.5 Å². The molecule has 0 saturated heterocycles. The summed E-state index contributed by atoms with van der Waals surface area (Å²) in [4.78, 5) is 2.27. The third-order valence-corrected chi connectivity index (χ3v) is 3.09. The Morgan fingerprint density at radius 2 is 1.76 bits per heavy atom. The van der Waals surface area contributed by atoms with E-state index >= 15 is 0 Å². The maximum Gasteiger partial charge on any atom is 0.161 e. The molecule has 0 amide bonds. The Kier molecular flexibility index (Phi) is 6.49. The molecule has 0 unspecified atom stereocenters. The zero-order valence-electron chi connectivity index (χ0n) is 14.1. The molecule has 1 N–H and O–H groups in total. The first-order chi connectivity index (χ1) is 9.75. The van der Waals surface area contributed by atoms with Crippen LogP contribution in [-0.4, -0.2) is 42.9 Å². The summed E-state index contributed by atoms with van der Waals surface area (Å²) in [5.74, 6) is 2.02. The summed E-state index contributed by atoms with van der Waals surface area (Å²) in [6.45, 7) is 10.4. The molecule has 0 aromatic heterocycles. The van der Waals surface area contributed by atoms with Gasteiger partial charge in [-0.3, -0.25) is 4.90 Å². The van der Waals surface area contributed by atoms with Gasteiger partial charge >= 0.3 is 0 Å². The molecule has 0 bridgehead atoms. The minimum Gasteiger partial charge on any atom is -0.493 e. The van der Waals surface area contributed by atoms with E-state index in [1.807, 2.05) is 32.0 Å². The number of hydrogen-bond acceptors (Lipinski definition) is 4. The van der Waals surface area contributed by atoms with Crippen molar-refractivity contribution in [3.8, 4) is 11.5 Å². The number of ether oxygens (including phenoxy) is 2. The predicted molar refractivity (Wildman–Crippen MR) is 86.0 cm³/mol. The van der Waals surface area contributed by atoms with Crippen molar-refractivity contribution >= 4 is 0 Å². The maximum atomic E-state index is 10.1. The fraction of sp³-hybridized carbons (Fsp3) is 0.647. The van der Waals surface area contributed by atoms with Gasteiger partial charge in [0.25, 0.3) is 0 Å². The van der Waals surface area contributed by atoms with Crippen molar-refractivity contribution in [2.24, 2.45) is 5.92 Å². The highest BCUT2D eigenvalue weighted by atomic mass is 16.5. The van der Waals surface area contributed by atoms with Crippen LogP contribution in [0.15, 0.2) is 18.2 Å². The Balaban J connectivity index is 2.87. The van der Waals surface area contributed by atoms with Crippen LogP contribution in [0, 0.1) is 5.92 Å². The lowest BCUT2D eigenvalue weighted by Gasteiger charge is -2.30. The molecule has 0 heterocycles. The van der Waals surface area contributed by atoms with E-state index < -0.39 is 5.60 Å². The zero-order valence-corrected chi connectivity index (χ0v) is 14.1. The van der Waals surface area contributed by atoms with Gasteiger partial charge in [0, 0.05) is 19.6 Å². The molecule has 120 valence electrons. The van der Waals surface area contributed by atoms with Crippen LogP contribution >= 0.6 is 0 Å². The first kappa shape index (κ1) is 17.8. The Bertz CT molecular complexity index is 438. The average Bonchev–Trinajstić information content (AvgIpc) is 2.35. The minimum atomic E-state index is -0.703. The molecule has 4 nitrogen and oxygen atoms in total. The lowest BCUT2D eigenvalue weighted by Crippen LogP contribution is -2.40. The monoisotopic (exact) mass is 295 g/mol. The van der Waals surface area contributed by atoms with Gasteiger partial charge in [-0.15, -0.1) is 0 Å². The predicted octanol–water partition coefficient (Wildman–Crippen LogP) is 2.93. The number of aliphatic hydroxyl groups is 1. The van der Waals surface area contributed by atoms with Gasteiger partial charge in [-0.25, -0.2) is 0 Å². The number of nitrogens with zero attached hydrogens (tertiary/aromatic N) is 1. The second-order valence-electron chi connectivity index (χ2n) is 6.57. The van der Waals surface area contributed by atoms with Crippen LogP contribution in [0.4, 0.5) is 0 Å². The molecule has 1 rings (SSSR count). The molecular weight excluding hydrogens is 266 g/mol. The Hall–Kier alpha value is -1.26. The van der Waals surface area contributed by atoms with Crippen LogP contribution in [0.3, 0.4) is 0 Å². The first-order valence-corrected chi connectivity index (χ1v) is 7.41. The second-order valence-corrected chi connectivity index (χ2v) is 6.57. The van der Waals surface area contributed by atoms with Crippen molar-refractivity contribution < 1.29 is 14.6 Å². The number of rotatable bonds is 8. The lowest BCUT2D eigenvalue weighted by atomic mass is 10.1. The normalized spacial score (nSPS) is 12.0. The van der Waals surface area contributed by atoms with E-state index in [0.717, 1.165) is 30.2 Å². The summed E-state index contributed by atoms with van der Waals surface area (Å²) in [6, 6.07) is 5.96. The van der Waals surface area contributed by atoms with Crippen LogP contribution in [0.1, 0.15) is 33.3 Å². The van der Waals surface area contributed by atoms with Gasteiger partial charge in [0.2, 0.25) is 0 Å². The average molecular weight is 295 g/mol. The third kappa shape index (κ3) is 6.36. The summed E-state index contributed by atoms with van der Waals surface area (Å²) in [7, 11) is 3.28. The van der Waals surface area contributed by atoms with Gasteiger partial charge in [0.1, 0.15) is 0 Å². The molecule has 1 aromatic rings. The van der Waals surface area contributed by atoms with E-state index in [1.165, 1.54) is 0 Å². The highest BCUT2D eigenvalue weighted by Gasteiger charge is 2.19. The smallest absolute Gasteiger partial charge is 0.161 e. The molecule has 0 saturated carbocycles. The van der Waals surface area contributed by atoms with Gasteiger partial charge in [0.05, 0.1) is 19.8 Å². The Morgan fingerprint density at radius 1 is 1.14 bits per heavy atom. The third-order valence-electron chi connectivity index (χ3n) is 3.09. The van der Waals surface area contributed by atoms with Gasteiger partial charge < -0.3 is 14.6 Å². The zero-order chi connectivity index (χ0) is 16.0. The van der Waals surface area contributed by atoms with Crippen molar-refractivity contribution in [3.63, 3.8) is 0 Å². The molecule has 4 heteroatoms. The summed E-state index contributed by atoms with van der Waals surface area (Å²) in [6.07, 6.45) is 0. The SMILES string of the molecule is COc1ccc(CN(CC(C)C)CC(C)(C)O)cc1OC. The van der Waals surface area contributed by atoms with E-state index in [9.17, 15) is 5.11 Å². The van der Waals surface area contributed by atoms with Crippen molar-refractivity contribution in [1.82, 2.24) is 4.90 Å². The van der Waals surface area contributed by atoms with E-state index in [2.05, 4.69) is 18.7 Å². The van der Waals surface area contributed by atoms with Crippen molar-refractivity contribution in [1.29, 1.82) is 0 Å². The number of methoxy groups -OCH3 is 2. The van der Waals surface area contributed by atoms with Crippen LogP contribution in [0.25, 0.3) is 0 Å². The topological polar surface area (TPSA) is 41.9 Å². The molecule has 0 aliphatic heterocycles. The summed E-state index contributed by atoms with van der Waals surface area (Å²) < 4.78 is 10.6. The summed E-state index contributed by atoms with van der Waals surface area (Å²) in [5, 5.41) is 10.1.